The molecule has 0 bridgehead atoms. The van der Waals surface area contributed by atoms with Crippen molar-refractivity contribution in [1.82, 2.24) is 15.2 Å². The van der Waals surface area contributed by atoms with Gasteiger partial charge in [0.15, 0.2) is 10.8 Å². The lowest BCUT2D eigenvalue weighted by molar-refractivity contribution is -0.893. The van der Waals surface area contributed by atoms with E-state index >= 15 is 0 Å². The second-order valence-electron chi connectivity index (χ2n) is 8.69. The summed E-state index contributed by atoms with van der Waals surface area (Å²) in [5.41, 5.74) is 6.59. The van der Waals surface area contributed by atoms with Gasteiger partial charge in [-0.05, 0) is 0 Å². The van der Waals surface area contributed by atoms with Gasteiger partial charge in [-0.1, -0.05) is 5.16 Å². The van der Waals surface area contributed by atoms with Crippen molar-refractivity contribution in [3.8, 4) is 0 Å². The number of aliphatic carboxylic acids is 1. The molecular formula is C19H27N6O9S3+. The molecule has 0 spiro atoms. The van der Waals surface area contributed by atoms with Gasteiger partial charge in [-0.2, -0.15) is 8.42 Å². The minimum absolute atomic E-state index is 0.0496. The molecule has 2 fully saturated rings. The Kier molecular flexibility index (Phi) is 8.81. The number of thioether (sulfide) groups is 1. The number of rotatable bonds is 7. The van der Waals surface area contributed by atoms with E-state index in [1.807, 2.05) is 0 Å². The molecule has 4 heterocycles. The molecule has 204 valence electrons. The number of aromatic nitrogens is 1. The number of nitrogens with two attached hydrogens (primary N) is 1. The summed E-state index contributed by atoms with van der Waals surface area (Å²) < 4.78 is 32.4. The summed E-state index contributed by atoms with van der Waals surface area (Å²) in [7, 11) is -1.25. The molecule has 3 aliphatic rings. The fourth-order valence-electron chi connectivity index (χ4n) is 4.42. The number of anilines is 1. The normalized spacial score (nSPS) is 23.0. The highest BCUT2D eigenvalue weighted by Crippen LogP contribution is 2.41. The van der Waals surface area contributed by atoms with Gasteiger partial charge in [-0.3, -0.25) is 23.6 Å². The first-order chi connectivity index (χ1) is 17.2. The number of nitrogens with zero attached hydrogens (tertiary/aromatic N) is 4. The molecule has 37 heavy (non-hydrogen) atoms. The molecule has 2 atom stereocenters. The predicted molar refractivity (Wildman–Crippen MR) is 134 cm³/mol. The Bertz CT molecular complexity index is 1230. The molecule has 4 rings (SSSR count). The molecule has 0 unspecified atom stereocenters. The van der Waals surface area contributed by atoms with Crippen molar-refractivity contribution in [2.45, 2.75) is 24.3 Å². The summed E-state index contributed by atoms with van der Waals surface area (Å²) in [5.74, 6) is -1.71. The van der Waals surface area contributed by atoms with Crippen LogP contribution in [-0.2, 0) is 29.6 Å². The summed E-state index contributed by atoms with van der Waals surface area (Å²) >= 11 is 2.61. The fourth-order valence-corrected chi connectivity index (χ4v) is 6.31. The maximum absolute atomic E-state index is 12.9. The lowest BCUT2D eigenvalue weighted by atomic mass is 10.0. The molecule has 0 aromatic carbocycles. The Morgan fingerprint density at radius 1 is 1.35 bits per heavy atom. The number of hydrogen-bond acceptors (Lipinski definition) is 11. The van der Waals surface area contributed by atoms with Crippen LogP contribution < -0.4 is 11.1 Å². The molecular weight excluding hydrogens is 552 g/mol. The topological polar surface area (TPSA) is 222 Å². The summed E-state index contributed by atoms with van der Waals surface area (Å²) in [6.45, 7) is 2.61. The van der Waals surface area contributed by atoms with Crippen LogP contribution in [0.5, 0.6) is 0 Å². The molecule has 6 N–H and O–H groups in total. The summed E-state index contributed by atoms with van der Waals surface area (Å²) in [5, 5.41) is 17.6. The van der Waals surface area contributed by atoms with Crippen LogP contribution in [0.4, 0.5) is 5.13 Å². The lowest BCUT2D eigenvalue weighted by Gasteiger charge is -2.49. The minimum atomic E-state index is -4.67. The van der Waals surface area contributed by atoms with Gasteiger partial charge >= 0.3 is 16.4 Å². The zero-order valence-electron chi connectivity index (χ0n) is 19.9. The number of likely N-dealkylation sites (tertiary alicyclic amines) is 1. The average Bonchev–Trinajstić information content (AvgIpc) is 3.42. The van der Waals surface area contributed by atoms with E-state index in [0.29, 0.717) is 12.3 Å². The largest absolute Gasteiger partial charge is 0.477 e. The quantitative estimate of drug-likeness (QED) is 0.0898. The van der Waals surface area contributed by atoms with Gasteiger partial charge < -0.3 is 25.5 Å². The average molecular weight is 580 g/mol. The molecule has 2 amide bonds. The van der Waals surface area contributed by atoms with Crippen molar-refractivity contribution < 1.29 is 46.3 Å². The molecule has 3 aliphatic heterocycles. The van der Waals surface area contributed by atoms with Crippen LogP contribution in [0.3, 0.4) is 0 Å². The Labute approximate surface area is 220 Å². The number of carbonyl (C=O) groups is 3. The second-order valence-corrected chi connectivity index (χ2v) is 11.6. The molecule has 15 nitrogen and oxygen atoms in total. The van der Waals surface area contributed by atoms with Crippen LogP contribution in [0.25, 0.3) is 0 Å². The smallest absolute Gasteiger partial charge is 0.394 e. The maximum Gasteiger partial charge on any atom is 0.394 e. The van der Waals surface area contributed by atoms with E-state index in [1.54, 1.807) is 5.38 Å². The van der Waals surface area contributed by atoms with Crippen molar-refractivity contribution in [3.05, 3.63) is 22.3 Å². The number of oxime groups is 1. The van der Waals surface area contributed by atoms with E-state index in [1.165, 1.54) is 23.8 Å². The zero-order chi connectivity index (χ0) is 27.5. The molecule has 1 aromatic rings. The predicted octanol–water partition coefficient (Wildman–Crippen LogP) is -0.598. The lowest BCUT2D eigenvalue weighted by Crippen LogP contribution is -2.71. The van der Waals surface area contributed by atoms with E-state index in [4.69, 9.17) is 28.1 Å². The van der Waals surface area contributed by atoms with Crippen LogP contribution in [0.15, 0.2) is 21.8 Å². The highest BCUT2D eigenvalue weighted by molar-refractivity contribution is 8.00. The first-order valence-corrected chi connectivity index (χ1v) is 14.1. The van der Waals surface area contributed by atoms with Gasteiger partial charge in [0, 0.05) is 29.5 Å². The number of carbonyl (C=O) groups excluding carboxylic acids is 2. The van der Waals surface area contributed by atoms with Gasteiger partial charge in [0.2, 0.25) is 0 Å². The SMILES string of the molecule is CO/N=C(/C(=O)N[C@@H]1C(=O)N2C(C(=O)O)=C(C[N+]3(C)CCCC3)CS[C@H]12)c1csc(N)n1.O=S(=O)(O)O. The van der Waals surface area contributed by atoms with E-state index in [2.05, 4.69) is 22.5 Å². The number of nitrogens with one attached hydrogen (secondary N) is 1. The number of hydrogen-bond donors (Lipinski definition) is 5. The fraction of sp³-hybridized carbons (Fsp3) is 0.526. The molecule has 0 aliphatic carbocycles. The molecule has 2 saturated heterocycles. The van der Waals surface area contributed by atoms with Crippen LogP contribution in [0, 0.1) is 0 Å². The summed E-state index contributed by atoms with van der Waals surface area (Å²) in [6, 6.07) is -0.863. The number of fused-ring (bicyclic) bond motifs is 1. The third-order valence-corrected chi connectivity index (χ3v) is 7.93. The molecule has 0 saturated carbocycles. The summed E-state index contributed by atoms with van der Waals surface area (Å²) in [6.07, 6.45) is 2.24. The van der Waals surface area contributed by atoms with E-state index < -0.39 is 39.6 Å². The third kappa shape index (κ3) is 6.96. The first kappa shape index (κ1) is 28.8. The number of quaternary nitrogens is 1. The van der Waals surface area contributed by atoms with Crippen LogP contribution in [0.2, 0.25) is 0 Å². The van der Waals surface area contributed by atoms with Gasteiger partial charge in [-0.25, -0.2) is 9.78 Å². The van der Waals surface area contributed by atoms with E-state index in [-0.39, 0.29) is 22.2 Å². The second kappa shape index (κ2) is 11.3. The van der Waals surface area contributed by atoms with Gasteiger partial charge in [0.25, 0.3) is 11.8 Å². The van der Waals surface area contributed by atoms with Crippen molar-refractivity contribution in [3.63, 3.8) is 0 Å². The number of thiazole rings is 1. The maximum atomic E-state index is 12.9. The number of carboxylic acids is 1. The number of nitrogen functional groups attached to an aromatic ring is 1. The van der Waals surface area contributed by atoms with E-state index in [0.717, 1.165) is 47.3 Å². The van der Waals surface area contributed by atoms with E-state index in [9.17, 15) is 19.5 Å². The number of likely N-dealkylation sites (N-methyl/N-ethyl adjacent to an activating group) is 1. The van der Waals surface area contributed by atoms with Gasteiger partial charge in [-0.15, -0.1) is 23.1 Å². The number of β-lactam (4-membered cyclic amide) rings is 1. The standard InChI is InChI=1S/C19H24N6O5S2.H2O4S/c1-25(5-3-4-6-25)7-10-8-31-17-13(16(27)24(17)14(10)18(28)29)22-15(26)12(23-30-2)11-9-32-19(20)21-11;1-5(2,3)4/h9,13,17H,3-8H2,1-2H3,(H3-,20,21,22,26,28,29);(H2,1,2,3,4)/p+1/b23-12+;/t13-,17-;/m1./s1. The Hall–Kier alpha value is -2.77. The number of carboxylic acid groups (broad SMARTS) is 1. The Morgan fingerprint density at radius 2 is 1.97 bits per heavy atom. The van der Waals surface area contributed by atoms with Gasteiger partial charge in [0.05, 0.1) is 20.1 Å². The number of amides is 2. The zero-order valence-corrected chi connectivity index (χ0v) is 22.3. The van der Waals surface area contributed by atoms with Crippen LogP contribution in [-0.4, -0.2) is 111 Å². The molecule has 18 heteroatoms. The highest BCUT2D eigenvalue weighted by atomic mass is 32.3. The van der Waals surface area contributed by atoms with Crippen molar-refractivity contribution in [2.24, 2.45) is 5.16 Å². The molecule has 0 radical (unpaired) electrons. The monoisotopic (exact) mass is 579 g/mol. The van der Waals surface area contributed by atoms with Crippen molar-refractivity contribution in [2.75, 3.05) is 45.3 Å². The van der Waals surface area contributed by atoms with Crippen LogP contribution in [0.1, 0.15) is 18.5 Å². The molecule has 1 aromatic heterocycles. The first-order valence-electron chi connectivity index (χ1n) is 10.8. The van der Waals surface area contributed by atoms with Crippen LogP contribution >= 0.6 is 23.1 Å². The Morgan fingerprint density at radius 3 is 2.49 bits per heavy atom. The van der Waals surface area contributed by atoms with Gasteiger partial charge in [0.1, 0.15) is 36.5 Å². The minimum Gasteiger partial charge on any atom is -0.477 e. The summed E-state index contributed by atoms with van der Waals surface area (Å²) in [4.78, 5) is 47.9. The highest BCUT2D eigenvalue weighted by Gasteiger charge is 2.55. The Balaban J connectivity index is 0.000000695. The van der Waals surface area contributed by atoms with Crippen molar-refractivity contribution >= 4 is 62.1 Å². The third-order valence-electron chi connectivity index (χ3n) is 5.92. The van der Waals surface area contributed by atoms with Crippen molar-refractivity contribution in [1.29, 1.82) is 0 Å².